The first kappa shape index (κ1) is 20.4. The standard InChI is InChI=1S/C18H26N4O2S2/c1-3-4-11-20-18(21-12-15-7-5-14(2)6-8-15)22-13-16-9-10-17(25-16)26(19,23)24/h5-10H,3-4,11-13H2,1-2H3,(H2,19,23,24)(H2,20,21,22). The maximum Gasteiger partial charge on any atom is 0.247 e. The molecular formula is C18H26N4O2S2. The summed E-state index contributed by atoms with van der Waals surface area (Å²) in [5.74, 6) is 0.713. The molecule has 0 aliphatic carbocycles. The number of aryl methyl sites for hydroxylation is 1. The fourth-order valence-corrected chi connectivity index (χ4v) is 3.92. The number of primary sulfonamides is 1. The third-order valence-electron chi connectivity index (χ3n) is 3.71. The first-order chi connectivity index (χ1) is 12.4. The number of nitrogens with two attached hydrogens (primary N) is 1. The van der Waals surface area contributed by atoms with Crippen molar-refractivity contribution in [3.63, 3.8) is 0 Å². The molecule has 0 atom stereocenters. The van der Waals surface area contributed by atoms with E-state index in [2.05, 4.69) is 53.7 Å². The van der Waals surface area contributed by atoms with E-state index in [0.29, 0.717) is 19.0 Å². The highest BCUT2D eigenvalue weighted by atomic mass is 32.2. The Balaban J connectivity index is 2.00. The lowest BCUT2D eigenvalue weighted by Gasteiger charge is -2.12. The molecule has 0 fully saturated rings. The van der Waals surface area contributed by atoms with E-state index in [4.69, 9.17) is 5.14 Å². The van der Waals surface area contributed by atoms with Crippen molar-refractivity contribution in [1.82, 2.24) is 10.6 Å². The smallest absolute Gasteiger partial charge is 0.247 e. The number of hydrogen-bond acceptors (Lipinski definition) is 4. The summed E-state index contributed by atoms with van der Waals surface area (Å²) in [6, 6.07) is 11.6. The maximum absolute atomic E-state index is 11.4. The van der Waals surface area contributed by atoms with Gasteiger partial charge in [-0.15, -0.1) is 11.3 Å². The highest BCUT2D eigenvalue weighted by Gasteiger charge is 2.11. The summed E-state index contributed by atoms with van der Waals surface area (Å²) in [5, 5.41) is 11.7. The molecule has 0 saturated carbocycles. The normalized spacial score (nSPS) is 12.2. The molecule has 4 N–H and O–H groups in total. The third kappa shape index (κ3) is 6.78. The molecule has 1 aromatic carbocycles. The van der Waals surface area contributed by atoms with Crippen LogP contribution in [0.15, 0.2) is 45.6 Å². The van der Waals surface area contributed by atoms with Gasteiger partial charge in [0.05, 0.1) is 13.1 Å². The van der Waals surface area contributed by atoms with Crippen LogP contribution < -0.4 is 15.8 Å². The summed E-state index contributed by atoms with van der Waals surface area (Å²) in [6.07, 6.45) is 2.15. The van der Waals surface area contributed by atoms with Crippen molar-refractivity contribution in [1.29, 1.82) is 0 Å². The summed E-state index contributed by atoms with van der Waals surface area (Å²) in [5.41, 5.74) is 2.36. The van der Waals surface area contributed by atoms with Crippen LogP contribution in [0.4, 0.5) is 0 Å². The molecule has 0 unspecified atom stereocenters. The van der Waals surface area contributed by atoms with Crippen molar-refractivity contribution in [2.45, 2.75) is 44.0 Å². The molecule has 0 saturated heterocycles. The lowest BCUT2D eigenvalue weighted by atomic mass is 10.1. The molecule has 142 valence electrons. The van der Waals surface area contributed by atoms with Crippen molar-refractivity contribution >= 4 is 27.3 Å². The molecule has 0 bridgehead atoms. The minimum Gasteiger partial charge on any atom is -0.356 e. The largest absolute Gasteiger partial charge is 0.356 e. The summed E-state index contributed by atoms with van der Waals surface area (Å²) < 4.78 is 22.9. The molecule has 1 heterocycles. The maximum atomic E-state index is 11.4. The number of unbranched alkanes of at least 4 members (excludes halogenated alkanes) is 1. The zero-order valence-electron chi connectivity index (χ0n) is 15.2. The van der Waals surface area contributed by atoms with Gasteiger partial charge in [-0.2, -0.15) is 0 Å². The number of nitrogens with zero attached hydrogens (tertiary/aromatic N) is 1. The fraction of sp³-hybridized carbons (Fsp3) is 0.389. The molecule has 0 spiro atoms. The average Bonchev–Trinajstić information content (AvgIpc) is 3.08. The predicted molar refractivity (Wildman–Crippen MR) is 108 cm³/mol. The highest BCUT2D eigenvalue weighted by Crippen LogP contribution is 2.19. The number of rotatable bonds is 8. The Kier molecular flexibility index (Phi) is 7.62. The van der Waals surface area contributed by atoms with Gasteiger partial charge in [-0.25, -0.2) is 18.5 Å². The van der Waals surface area contributed by atoms with E-state index >= 15 is 0 Å². The van der Waals surface area contributed by atoms with Crippen LogP contribution in [0.25, 0.3) is 0 Å². The Morgan fingerprint density at radius 2 is 1.88 bits per heavy atom. The molecule has 0 aliphatic rings. The highest BCUT2D eigenvalue weighted by molar-refractivity contribution is 7.91. The van der Waals surface area contributed by atoms with E-state index in [-0.39, 0.29) is 4.21 Å². The number of aliphatic imine (C=N–C) groups is 1. The van der Waals surface area contributed by atoms with Crippen LogP contribution >= 0.6 is 11.3 Å². The fourth-order valence-electron chi connectivity index (χ4n) is 2.20. The van der Waals surface area contributed by atoms with Crippen molar-refractivity contribution < 1.29 is 8.42 Å². The molecule has 8 heteroatoms. The molecule has 0 radical (unpaired) electrons. The van der Waals surface area contributed by atoms with E-state index in [0.717, 1.165) is 29.8 Å². The SMILES string of the molecule is CCCCNC(=NCc1ccc(C)cc1)NCc1ccc(S(N)(=O)=O)s1. The van der Waals surface area contributed by atoms with E-state index in [1.165, 1.54) is 23.0 Å². The van der Waals surface area contributed by atoms with Crippen molar-refractivity contribution in [3.8, 4) is 0 Å². The zero-order chi connectivity index (χ0) is 19.0. The van der Waals surface area contributed by atoms with Gasteiger partial charge < -0.3 is 10.6 Å². The number of benzene rings is 1. The van der Waals surface area contributed by atoms with Gasteiger partial charge in [0.25, 0.3) is 0 Å². The molecule has 0 amide bonds. The summed E-state index contributed by atoms with van der Waals surface area (Å²) in [4.78, 5) is 5.51. The molecule has 1 aromatic heterocycles. The number of sulfonamides is 1. The van der Waals surface area contributed by atoms with Gasteiger partial charge in [0.15, 0.2) is 5.96 Å². The van der Waals surface area contributed by atoms with Gasteiger partial charge in [-0.3, -0.25) is 0 Å². The van der Waals surface area contributed by atoms with Crippen LogP contribution in [-0.2, 0) is 23.1 Å². The Labute approximate surface area is 159 Å². The van der Waals surface area contributed by atoms with Crippen molar-refractivity contribution in [2.24, 2.45) is 10.1 Å². The van der Waals surface area contributed by atoms with Gasteiger partial charge in [0, 0.05) is 11.4 Å². The quantitative estimate of drug-likeness (QED) is 0.364. The third-order valence-corrected chi connectivity index (χ3v) is 6.23. The van der Waals surface area contributed by atoms with Crippen LogP contribution in [-0.4, -0.2) is 20.9 Å². The van der Waals surface area contributed by atoms with Crippen molar-refractivity contribution in [3.05, 3.63) is 52.4 Å². The Morgan fingerprint density at radius 3 is 2.50 bits per heavy atom. The summed E-state index contributed by atoms with van der Waals surface area (Å²) >= 11 is 1.17. The Bertz CT molecular complexity index is 827. The van der Waals surface area contributed by atoms with E-state index in [9.17, 15) is 8.42 Å². The van der Waals surface area contributed by atoms with E-state index in [1.54, 1.807) is 6.07 Å². The minimum atomic E-state index is -3.64. The second kappa shape index (κ2) is 9.70. The first-order valence-electron chi connectivity index (χ1n) is 8.57. The number of guanidine groups is 1. The van der Waals surface area contributed by atoms with E-state index < -0.39 is 10.0 Å². The monoisotopic (exact) mass is 394 g/mol. The summed E-state index contributed by atoms with van der Waals surface area (Å²) in [7, 11) is -3.64. The van der Waals surface area contributed by atoms with Crippen LogP contribution in [0, 0.1) is 6.92 Å². The average molecular weight is 395 g/mol. The van der Waals surface area contributed by atoms with E-state index in [1.807, 2.05) is 0 Å². The second-order valence-electron chi connectivity index (χ2n) is 6.05. The minimum absolute atomic E-state index is 0.173. The van der Waals surface area contributed by atoms with Gasteiger partial charge >= 0.3 is 0 Å². The molecule has 2 rings (SSSR count). The Morgan fingerprint density at radius 1 is 1.15 bits per heavy atom. The Hall–Kier alpha value is -1.90. The first-order valence-corrected chi connectivity index (χ1v) is 10.9. The van der Waals surface area contributed by atoms with Crippen LogP contribution in [0.2, 0.25) is 0 Å². The number of thiophene rings is 1. The van der Waals surface area contributed by atoms with Crippen molar-refractivity contribution in [2.75, 3.05) is 6.54 Å². The van der Waals surface area contributed by atoms with Crippen LogP contribution in [0.5, 0.6) is 0 Å². The number of hydrogen-bond donors (Lipinski definition) is 3. The van der Waals surface area contributed by atoms with Gasteiger partial charge in [-0.05, 0) is 31.0 Å². The predicted octanol–water partition coefficient (Wildman–Crippen LogP) is 2.74. The van der Waals surface area contributed by atoms with Gasteiger partial charge in [0.2, 0.25) is 10.0 Å². The topological polar surface area (TPSA) is 96.6 Å². The molecule has 0 aliphatic heterocycles. The molecule has 26 heavy (non-hydrogen) atoms. The lowest BCUT2D eigenvalue weighted by Crippen LogP contribution is -2.37. The van der Waals surface area contributed by atoms with Gasteiger partial charge in [0.1, 0.15) is 4.21 Å². The molecular weight excluding hydrogens is 368 g/mol. The van der Waals surface area contributed by atoms with Crippen LogP contribution in [0.3, 0.4) is 0 Å². The summed E-state index contributed by atoms with van der Waals surface area (Å²) in [6.45, 7) is 6.10. The second-order valence-corrected chi connectivity index (χ2v) is 9.01. The number of nitrogens with one attached hydrogen (secondary N) is 2. The lowest BCUT2D eigenvalue weighted by molar-refractivity contribution is 0.600. The van der Waals surface area contributed by atoms with Crippen LogP contribution in [0.1, 0.15) is 35.8 Å². The van der Waals surface area contributed by atoms with Gasteiger partial charge in [-0.1, -0.05) is 43.2 Å². The zero-order valence-corrected chi connectivity index (χ0v) is 16.8. The molecule has 6 nitrogen and oxygen atoms in total. The molecule has 2 aromatic rings.